The van der Waals surface area contributed by atoms with Gasteiger partial charge in [0.25, 0.3) is 11.8 Å². The molecule has 26 heavy (non-hydrogen) atoms. The standard InChI is InChI=1S/C19H17Cl2FN2O2/c20-12-5-6-16(21)15(11-12)18(25)23-13-7-9-24(10-8-13)19(26)14-3-1-2-4-17(14)22/h1-6,11,13H,7-10H2,(H,23,25). The molecule has 1 aliphatic rings. The van der Waals surface area contributed by atoms with Crippen molar-refractivity contribution in [2.75, 3.05) is 13.1 Å². The Bertz CT molecular complexity index is 836. The number of nitrogens with zero attached hydrogens (tertiary/aromatic N) is 1. The predicted molar refractivity (Wildman–Crippen MR) is 99.3 cm³/mol. The van der Waals surface area contributed by atoms with Crippen molar-refractivity contribution in [1.29, 1.82) is 0 Å². The minimum Gasteiger partial charge on any atom is -0.349 e. The first kappa shape index (κ1) is 18.7. The van der Waals surface area contributed by atoms with Gasteiger partial charge >= 0.3 is 0 Å². The van der Waals surface area contributed by atoms with Gasteiger partial charge in [-0.05, 0) is 43.2 Å². The minimum absolute atomic E-state index is 0.0701. The average Bonchev–Trinajstić information content (AvgIpc) is 2.64. The van der Waals surface area contributed by atoms with Crippen LogP contribution in [-0.4, -0.2) is 35.8 Å². The highest BCUT2D eigenvalue weighted by Gasteiger charge is 2.26. The van der Waals surface area contributed by atoms with Crippen LogP contribution in [0.4, 0.5) is 4.39 Å². The maximum Gasteiger partial charge on any atom is 0.256 e. The first-order chi connectivity index (χ1) is 12.5. The van der Waals surface area contributed by atoms with E-state index in [9.17, 15) is 14.0 Å². The zero-order valence-electron chi connectivity index (χ0n) is 13.8. The molecular weight excluding hydrogens is 378 g/mol. The van der Waals surface area contributed by atoms with E-state index in [2.05, 4.69) is 5.32 Å². The van der Waals surface area contributed by atoms with Gasteiger partial charge in [0.15, 0.2) is 0 Å². The summed E-state index contributed by atoms with van der Waals surface area (Å²) in [6.45, 7) is 0.892. The maximum absolute atomic E-state index is 13.8. The summed E-state index contributed by atoms with van der Waals surface area (Å²) in [5.74, 6) is -1.15. The van der Waals surface area contributed by atoms with Crippen LogP contribution in [0.1, 0.15) is 33.6 Å². The van der Waals surface area contributed by atoms with Crippen LogP contribution in [0.3, 0.4) is 0 Å². The second-order valence-electron chi connectivity index (χ2n) is 6.14. The maximum atomic E-state index is 13.8. The molecule has 136 valence electrons. The third kappa shape index (κ3) is 4.17. The van der Waals surface area contributed by atoms with Gasteiger partial charge in [0.1, 0.15) is 5.82 Å². The first-order valence-electron chi connectivity index (χ1n) is 8.25. The molecule has 7 heteroatoms. The lowest BCUT2D eigenvalue weighted by Gasteiger charge is -2.32. The summed E-state index contributed by atoms with van der Waals surface area (Å²) in [4.78, 5) is 26.4. The molecule has 0 radical (unpaired) electrons. The SMILES string of the molecule is O=C(NC1CCN(C(=O)c2ccccc2F)CC1)c1cc(Cl)ccc1Cl. The number of likely N-dealkylation sites (tertiary alicyclic amines) is 1. The highest BCUT2D eigenvalue weighted by molar-refractivity contribution is 6.35. The number of piperidine rings is 1. The summed E-state index contributed by atoms with van der Waals surface area (Å²) in [5, 5.41) is 3.69. The third-order valence-corrected chi connectivity index (χ3v) is 4.96. The van der Waals surface area contributed by atoms with Crippen molar-refractivity contribution < 1.29 is 14.0 Å². The normalized spacial score (nSPS) is 15.0. The molecule has 2 aromatic rings. The van der Waals surface area contributed by atoms with Gasteiger partial charge in [-0.1, -0.05) is 35.3 Å². The Morgan fingerprint density at radius 3 is 2.42 bits per heavy atom. The highest BCUT2D eigenvalue weighted by atomic mass is 35.5. The van der Waals surface area contributed by atoms with Crippen molar-refractivity contribution in [2.24, 2.45) is 0 Å². The Morgan fingerprint density at radius 1 is 1.04 bits per heavy atom. The minimum atomic E-state index is -0.525. The van der Waals surface area contributed by atoms with E-state index in [-0.39, 0.29) is 23.4 Å². The zero-order valence-corrected chi connectivity index (χ0v) is 15.4. The molecule has 3 rings (SSSR count). The van der Waals surface area contributed by atoms with Crippen LogP contribution in [0.2, 0.25) is 10.0 Å². The number of carbonyl (C=O) groups excluding carboxylic acids is 2. The number of hydrogen-bond acceptors (Lipinski definition) is 2. The van der Waals surface area contributed by atoms with Gasteiger partial charge in [-0.25, -0.2) is 4.39 Å². The molecule has 1 heterocycles. The fraction of sp³-hybridized carbons (Fsp3) is 0.263. The van der Waals surface area contributed by atoms with Crippen LogP contribution in [-0.2, 0) is 0 Å². The average molecular weight is 395 g/mol. The Morgan fingerprint density at radius 2 is 1.73 bits per heavy atom. The van der Waals surface area contributed by atoms with Gasteiger partial charge in [-0.3, -0.25) is 9.59 Å². The van der Waals surface area contributed by atoms with Crippen molar-refractivity contribution in [3.8, 4) is 0 Å². The quantitative estimate of drug-likeness (QED) is 0.848. The lowest BCUT2D eigenvalue weighted by molar-refractivity contribution is 0.0693. The largest absolute Gasteiger partial charge is 0.349 e. The molecule has 0 spiro atoms. The van der Waals surface area contributed by atoms with E-state index >= 15 is 0 Å². The number of nitrogens with one attached hydrogen (secondary N) is 1. The number of hydrogen-bond donors (Lipinski definition) is 1. The lowest BCUT2D eigenvalue weighted by Crippen LogP contribution is -2.46. The Labute approximate surface area is 160 Å². The van der Waals surface area contributed by atoms with Crippen molar-refractivity contribution in [2.45, 2.75) is 18.9 Å². The van der Waals surface area contributed by atoms with E-state index in [1.54, 1.807) is 29.2 Å². The summed E-state index contributed by atoms with van der Waals surface area (Å²) in [5.41, 5.74) is 0.393. The third-order valence-electron chi connectivity index (χ3n) is 4.39. The molecule has 2 aromatic carbocycles. The van der Waals surface area contributed by atoms with Gasteiger partial charge in [0.2, 0.25) is 0 Å². The molecule has 0 saturated carbocycles. The zero-order chi connectivity index (χ0) is 18.7. The van der Waals surface area contributed by atoms with Gasteiger partial charge in [0, 0.05) is 24.2 Å². The molecule has 0 atom stereocenters. The molecule has 0 unspecified atom stereocenters. The van der Waals surface area contributed by atoms with E-state index in [0.717, 1.165) is 0 Å². The molecule has 4 nitrogen and oxygen atoms in total. The lowest BCUT2D eigenvalue weighted by atomic mass is 10.0. The van der Waals surface area contributed by atoms with Crippen molar-refractivity contribution in [1.82, 2.24) is 10.2 Å². The highest BCUT2D eigenvalue weighted by Crippen LogP contribution is 2.22. The fourth-order valence-corrected chi connectivity index (χ4v) is 3.34. The Balaban J connectivity index is 1.59. The van der Waals surface area contributed by atoms with Gasteiger partial charge in [-0.15, -0.1) is 0 Å². The molecule has 1 saturated heterocycles. The van der Waals surface area contributed by atoms with Crippen LogP contribution < -0.4 is 5.32 Å². The van der Waals surface area contributed by atoms with Crippen LogP contribution in [0.5, 0.6) is 0 Å². The fourth-order valence-electron chi connectivity index (χ4n) is 2.97. The number of benzene rings is 2. The second kappa shape index (κ2) is 8.06. The van der Waals surface area contributed by atoms with Gasteiger partial charge in [-0.2, -0.15) is 0 Å². The van der Waals surface area contributed by atoms with Crippen LogP contribution in [0, 0.1) is 5.82 Å². The molecule has 1 fully saturated rings. The van der Waals surface area contributed by atoms with Crippen molar-refractivity contribution >= 4 is 35.0 Å². The first-order valence-corrected chi connectivity index (χ1v) is 9.01. The monoisotopic (exact) mass is 394 g/mol. The van der Waals surface area contributed by atoms with Gasteiger partial charge in [0.05, 0.1) is 16.1 Å². The van der Waals surface area contributed by atoms with Crippen molar-refractivity contribution in [3.05, 3.63) is 69.5 Å². The topological polar surface area (TPSA) is 49.4 Å². The Hall–Kier alpha value is -2.11. The molecule has 2 amide bonds. The van der Waals surface area contributed by atoms with E-state index in [4.69, 9.17) is 23.2 Å². The molecule has 0 bridgehead atoms. The van der Waals surface area contributed by atoms with Crippen molar-refractivity contribution in [3.63, 3.8) is 0 Å². The molecule has 0 aromatic heterocycles. The summed E-state index contributed by atoms with van der Waals surface area (Å²) in [7, 11) is 0. The summed E-state index contributed by atoms with van der Waals surface area (Å²) >= 11 is 12.0. The summed E-state index contributed by atoms with van der Waals surface area (Å²) in [6, 6.07) is 10.6. The van der Waals surface area contributed by atoms with E-state index in [1.165, 1.54) is 18.2 Å². The number of halogens is 3. The Kier molecular flexibility index (Phi) is 5.79. The van der Waals surface area contributed by atoms with Crippen LogP contribution >= 0.6 is 23.2 Å². The second-order valence-corrected chi connectivity index (χ2v) is 6.99. The van der Waals surface area contributed by atoms with E-state index in [1.807, 2.05) is 0 Å². The summed E-state index contributed by atoms with van der Waals surface area (Å²) < 4.78 is 13.8. The van der Waals surface area contributed by atoms with Crippen LogP contribution in [0.15, 0.2) is 42.5 Å². The predicted octanol–water partition coefficient (Wildman–Crippen LogP) is 4.17. The van der Waals surface area contributed by atoms with Gasteiger partial charge < -0.3 is 10.2 Å². The van der Waals surface area contributed by atoms with Crippen LogP contribution in [0.25, 0.3) is 0 Å². The number of amides is 2. The molecule has 1 N–H and O–H groups in total. The van der Waals surface area contributed by atoms with E-state index in [0.29, 0.717) is 41.5 Å². The number of carbonyl (C=O) groups is 2. The smallest absolute Gasteiger partial charge is 0.256 e. The number of rotatable bonds is 3. The van der Waals surface area contributed by atoms with E-state index < -0.39 is 5.82 Å². The molecular formula is C19H17Cl2FN2O2. The molecule has 0 aliphatic carbocycles. The molecule has 1 aliphatic heterocycles. The summed E-state index contributed by atoms with van der Waals surface area (Å²) in [6.07, 6.45) is 1.17.